The first-order chi connectivity index (χ1) is 7.25. The van der Waals surface area contributed by atoms with Crippen molar-refractivity contribution in [3.05, 3.63) is 35.6 Å². The summed E-state index contributed by atoms with van der Waals surface area (Å²) in [6, 6.07) is 6.92. The molecule has 1 aliphatic rings. The number of halogens is 1. The van der Waals surface area contributed by atoms with E-state index < -0.39 is 0 Å². The standard InChI is InChI=1S/C12H15F.C2H6/c1-9(8-10-2-3-10)11-4-6-12(13)7-5-11;1-2/h4-7,9-10H,2-3,8H2,1H3;1-2H3. The van der Waals surface area contributed by atoms with Crippen molar-refractivity contribution < 1.29 is 4.39 Å². The van der Waals surface area contributed by atoms with E-state index in [0.717, 1.165) is 5.92 Å². The Bertz CT molecular complexity index is 272. The zero-order chi connectivity index (χ0) is 11.3. The van der Waals surface area contributed by atoms with Crippen LogP contribution in [0, 0.1) is 11.7 Å². The van der Waals surface area contributed by atoms with Gasteiger partial charge in [-0.15, -0.1) is 0 Å². The van der Waals surface area contributed by atoms with Gasteiger partial charge in [0, 0.05) is 0 Å². The van der Waals surface area contributed by atoms with Crippen LogP contribution in [0.5, 0.6) is 0 Å². The summed E-state index contributed by atoms with van der Waals surface area (Å²) in [6.07, 6.45) is 4.06. The molecule has 0 amide bonds. The second-order valence-corrected chi connectivity index (χ2v) is 4.13. The van der Waals surface area contributed by atoms with E-state index in [1.165, 1.54) is 24.8 Å². The van der Waals surface area contributed by atoms with Crippen LogP contribution in [0.3, 0.4) is 0 Å². The third kappa shape index (κ3) is 4.03. The van der Waals surface area contributed by atoms with Gasteiger partial charge in [0.2, 0.25) is 0 Å². The molecule has 0 aromatic heterocycles. The number of hydrogen-bond donors (Lipinski definition) is 0. The number of benzene rings is 1. The molecule has 1 unspecified atom stereocenters. The SMILES string of the molecule is CC.CC(CC1CC1)c1ccc(F)cc1. The van der Waals surface area contributed by atoms with Crippen LogP contribution in [0.2, 0.25) is 0 Å². The molecule has 0 saturated heterocycles. The van der Waals surface area contributed by atoms with Crippen LogP contribution in [0.15, 0.2) is 24.3 Å². The van der Waals surface area contributed by atoms with Gasteiger partial charge in [0.1, 0.15) is 5.82 Å². The highest BCUT2D eigenvalue weighted by Gasteiger charge is 2.23. The Balaban J connectivity index is 0.000000531. The molecular formula is C14H21F. The van der Waals surface area contributed by atoms with Crippen molar-refractivity contribution in [2.45, 2.75) is 46.0 Å². The fourth-order valence-corrected chi connectivity index (χ4v) is 1.78. The first kappa shape index (κ1) is 12.2. The lowest BCUT2D eigenvalue weighted by Crippen LogP contribution is -1.94. The molecule has 1 aromatic rings. The van der Waals surface area contributed by atoms with Gasteiger partial charge in [-0.05, 0) is 36.0 Å². The lowest BCUT2D eigenvalue weighted by molar-refractivity contribution is 0.608. The lowest BCUT2D eigenvalue weighted by Gasteiger charge is -2.10. The Morgan fingerprint density at radius 2 is 1.73 bits per heavy atom. The first-order valence-corrected chi connectivity index (χ1v) is 6.01. The third-order valence-corrected chi connectivity index (χ3v) is 2.82. The zero-order valence-corrected chi connectivity index (χ0v) is 9.96. The third-order valence-electron chi connectivity index (χ3n) is 2.82. The van der Waals surface area contributed by atoms with Crippen LogP contribution in [-0.2, 0) is 0 Å². The van der Waals surface area contributed by atoms with Crippen LogP contribution >= 0.6 is 0 Å². The number of hydrogen-bond acceptors (Lipinski definition) is 0. The maximum atomic E-state index is 12.6. The zero-order valence-electron chi connectivity index (χ0n) is 9.96. The molecule has 1 saturated carbocycles. The van der Waals surface area contributed by atoms with Crippen LogP contribution in [-0.4, -0.2) is 0 Å². The Hall–Kier alpha value is -0.850. The van der Waals surface area contributed by atoms with Gasteiger partial charge in [-0.25, -0.2) is 4.39 Å². The Morgan fingerprint density at radius 1 is 1.20 bits per heavy atom. The topological polar surface area (TPSA) is 0 Å². The Kier molecular flexibility index (Phi) is 4.80. The summed E-state index contributed by atoms with van der Waals surface area (Å²) in [7, 11) is 0. The molecule has 0 bridgehead atoms. The minimum absolute atomic E-state index is 0.137. The van der Waals surface area contributed by atoms with Crippen LogP contribution in [0.1, 0.15) is 51.5 Å². The average Bonchev–Trinajstić information content (AvgIpc) is 3.06. The monoisotopic (exact) mass is 208 g/mol. The summed E-state index contributed by atoms with van der Waals surface area (Å²) in [5, 5.41) is 0. The summed E-state index contributed by atoms with van der Waals surface area (Å²) in [6.45, 7) is 6.23. The molecular weight excluding hydrogens is 187 g/mol. The summed E-state index contributed by atoms with van der Waals surface area (Å²) < 4.78 is 12.6. The summed E-state index contributed by atoms with van der Waals surface area (Å²) in [4.78, 5) is 0. The highest BCUT2D eigenvalue weighted by molar-refractivity contribution is 5.20. The van der Waals surface area contributed by atoms with E-state index in [-0.39, 0.29) is 5.82 Å². The van der Waals surface area contributed by atoms with E-state index in [1.54, 1.807) is 12.1 Å². The average molecular weight is 208 g/mol. The van der Waals surface area contributed by atoms with Gasteiger partial charge in [-0.2, -0.15) is 0 Å². The minimum Gasteiger partial charge on any atom is -0.207 e. The molecule has 1 aromatic carbocycles. The Labute approximate surface area is 92.5 Å². The fourth-order valence-electron chi connectivity index (χ4n) is 1.78. The molecule has 15 heavy (non-hydrogen) atoms. The van der Waals surface area contributed by atoms with Crippen molar-refractivity contribution in [1.82, 2.24) is 0 Å². The van der Waals surface area contributed by atoms with Gasteiger partial charge in [0.15, 0.2) is 0 Å². The summed E-state index contributed by atoms with van der Waals surface area (Å²) >= 11 is 0. The molecule has 0 heterocycles. The van der Waals surface area contributed by atoms with E-state index in [9.17, 15) is 4.39 Å². The molecule has 0 spiro atoms. The van der Waals surface area contributed by atoms with Crippen molar-refractivity contribution in [1.29, 1.82) is 0 Å². The van der Waals surface area contributed by atoms with Crippen molar-refractivity contribution >= 4 is 0 Å². The molecule has 84 valence electrons. The van der Waals surface area contributed by atoms with E-state index >= 15 is 0 Å². The lowest BCUT2D eigenvalue weighted by atomic mass is 9.95. The Morgan fingerprint density at radius 3 is 2.20 bits per heavy atom. The van der Waals surface area contributed by atoms with Gasteiger partial charge in [0.05, 0.1) is 0 Å². The second kappa shape index (κ2) is 5.89. The van der Waals surface area contributed by atoms with Gasteiger partial charge in [-0.3, -0.25) is 0 Å². The second-order valence-electron chi connectivity index (χ2n) is 4.13. The molecule has 1 aliphatic carbocycles. The molecule has 0 radical (unpaired) electrons. The van der Waals surface area contributed by atoms with E-state index in [0.29, 0.717) is 5.92 Å². The van der Waals surface area contributed by atoms with Gasteiger partial charge >= 0.3 is 0 Å². The summed E-state index contributed by atoms with van der Waals surface area (Å²) in [5.41, 5.74) is 1.27. The van der Waals surface area contributed by atoms with Crippen molar-refractivity contribution in [2.75, 3.05) is 0 Å². The molecule has 2 rings (SSSR count). The van der Waals surface area contributed by atoms with E-state index in [4.69, 9.17) is 0 Å². The highest BCUT2D eigenvalue weighted by atomic mass is 19.1. The quantitative estimate of drug-likeness (QED) is 0.672. The predicted octanol–water partition coefficient (Wildman–Crippen LogP) is 4.76. The van der Waals surface area contributed by atoms with Crippen LogP contribution in [0.25, 0.3) is 0 Å². The van der Waals surface area contributed by atoms with E-state index in [1.807, 2.05) is 26.0 Å². The normalized spacial score (nSPS) is 16.5. The number of rotatable bonds is 3. The highest BCUT2D eigenvalue weighted by Crippen LogP contribution is 2.38. The molecule has 1 heteroatoms. The molecule has 0 aliphatic heterocycles. The van der Waals surface area contributed by atoms with Crippen LogP contribution in [0.4, 0.5) is 4.39 Å². The molecule has 0 N–H and O–H groups in total. The maximum absolute atomic E-state index is 12.6. The maximum Gasteiger partial charge on any atom is 0.123 e. The fraction of sp³-hybridized carbons (Fsp3) is 0.571. The van der Waals surface area contributed by atoms with Gasteiger partial charge in [0.25, 0.3) is 0 Å². The predicted molar refractivity (Wildman–Crippen MR) is 63.5 cm³/mol. The van der Waals surface area contributed by atoms with Gasteiger partial charge in [-0.1, -0.05) is 45.7 Å². The van der Waals surface area contributed by atoms with E-state index in [2.05, 4.69) is 6.92 Å². The minimum atomic E-state index is -0.137. The van der Waals surface area contributed by atoms with Crippen molar-refractivity contribution in [2.24, 2.45) is 5.92 Å². The van der Waals surface area contributed by atoms with Crippen molar-refractivity contribution in [3.8, 4) is 0 Å². The molecule has 1 fully saturated rings. The molecule has 0 nitrogen and oxygen atoms in total. The molecule has 1 atom stereocenters. The van der Waals surface area contributed by atoms with Crippen molar-refractivity contribution in [3.63, 3.8) is 0 Å². The first-order valence-electron chi connectivity index (χ1n) is 6.01. The van der Waals surface area contributed by atoms with Crippen LogP contribution < -0.4 is 0 Å². The summed E-state index contributed by atoms with van der Waals surface area (Å²) in [5.74, 6) is 1.40. The smallest absolute Gasteiger partial charge is 0.123 e. The van der Waals surface area contributed by atoms with Gasteiger partial charge < -0.3 is 0 Å². The largest absolute Gasteiger partial charge is 0.207 e.